The van der Waals surface area contributed by atoms with Crippen LogP contribution in [0.1, 0.15) is 42.3 Å². The van der Waals surface area contributed by atoms with Gasteiger partial charge >= 0.3 is 0 Å². The summed E-state index contributed by atoms with van der Waals surface area (Å²) in [6, 6.07) is 0.701. The Hall–Kier alpha value is -0.440. The highest BCUT2D eigenvalue weighted by Crippen LogP contribution is 2.32. The van der Waals surface area contributed by atoms with Crippen LogP contribution in [0.2, 0.25) is 0 Å². The minimum absolute atomic E-state index is 0.701. The highest BCUT2D eigenvalue weighted by molar-refractivity contribution is 7.99. The molecule has 0 aromatic carbocycles. The smallest absolute Gasteiger partial charge is 0.0628 e. The lowest BCUT2D eigenvalue weighted by atomic mass is 10.1. The monoisotopic (exact) mass is 222 g/mol. The van der Waals surface area contributed by atoms with Gasteiger partial charge in [-0.25, -0.2) is 0 Å². The van der Waals surface area contributed by atoms with Crippen LogP contribution in [0.15, 0.2) is 0 Å². The van der Waals surface area contributed by atoms with Crippen molar-refractivity contribution in [2.75, 3.05) is 11.5 Å². The van der Waals surface area contributed by atoms with Crippen molar-refractivity contribution in [1.29, 1.82) is 0 Å². The Morgan fingerprint density at radius 1 is 1.27 bits per heavy atom. The van der Waals surface area contributed by atoms with Crippen molar-refractivity contribution in [2.24, 2.45) is 0 Å². The van der Waals surface area contributed by atoms with Crippen LogP contribution in [-0.4, -0.2) is 21.3 Å². The van der Waals surface area contributed by atoms with Gasteiger partial charge in [0, 0.05) is 5.69 Å². The second kappa shape index (κ2) is 3.85. The average Bonchev–Trinajstić information content (AvgIpc) is 2.84. The van der Waals surface area contributed by atoms with E-state index in [0.29, 0.717) is 6.04 Å². The molecule has 1 saturated heterocycles. The number of aromatic nitrogens is 2. The zero-order chi connectivity index (χ0) is 10.3. The first-order valence-electron chi connectivity index (χ1n) is 6.01. The normalized spacial score (nSPS) is 21.9. The van der Waals surface area contributed by atoms with E-state index in [2.05, 4.69) is 23.4 Å². The van der Waals surface area contributed by atoms with Crippen molar-refractivity contribution in [3.05, 3.63) is 17.0 Å². The van der Waals surface area contributed by atoms with Crippen molar-refractivity contribution in [3.8, 4) is 0 Å². The number of thioether (sulfide) groups is 1. The molecule has 1 aliphatic heterocycles. The first-order valence-corrected chi connectivity index (χ1v) is 7.16. The number of hydrogen-bond acceptors (Lipinski definition) is 2. The van der Waals surface area contributed by atoms with Gasteiger partial charge in [0.2, 0.25) is 0 Å². The van der Waals surface area contributed by atoms with Gasteiger partial charge in [-0.3, -0.25) is 4.68 Å². The van der Waals surface area contributed by atoms with Crippen LogP contribution in [0.3, 0.4) is 0 Å². The summed E-state index contributed by atoms with van der Waals surface area (Å²) in [6.45, 7) is 2.18. The maximum absolute atomic E-state index is 4.76. The molecule has 1 fully saturated rings. The van der Waals surface area contributed by atoms with Crippen LogP contribution >= 0.6 is 11.8 Å². The molecule has 2 aliphatic rings. The van der Waals surface area contributed by atoms with E-state index in [1.54, 1.807) is 11.3 Å². The van der Waals surface area contributed by atoms with Crippen LogP contribution in [0.5, 0.6) is 0 Å². The number of hydrogen-bond donors (Lipinski definition) is 0. The van der Waals surface area contributed by atoms with Gasteiger partial charge in [0.15, 0.2) is 0 Å². The summed E-state index contributed by atoms with van der Waals surface area (Å²) < 4.78 is 2.37. The Bertz CT molecular complexity index is 364. The molecule has 0 amide bonds. The summed E-state index contributed by atoms with van der Waals surface area (Å²) >= 11 is 2.09. The van der Waals surface area contributed by atoms with Crippen molar-refractivity contribution >= 4 is 11.8 Å². The van der Waals surface area contributed by atoms with Gasteiger partial charge in [0.25, 0.3) is 0 Å². The second-order valence-electron chi connectivity index (χ2n) is 4.65. The summed E-state index contributed by atoms with van der Waals surface area (Å²) in [4.78, 5) is 0. The van der Waals surface area contributed by atoms with E-state index in [-0.39, 0.29) is 0 Å². The Kier molecular flexibility index (Phi) is 2.51. The molecule has 0 spiro atoms. The van der Waals surface area contributed by atoms with Crippen LogP contribution in [0.4, 0.5) is 0 Å². The van der Waals surface area contributed by atoms with E-state index in [9.17, 15) is 0 Å². The fraction of sp³-hybridized carbons (Fsp3) is 0.750. The third-order valence-electron chi connectivity index (χ3n) is 3.70. The maximum atomic E-state index is 4.76. The maximum Gasteiger partial charge on any atom is 0.0628 e. The summed E-state index contributed by atoms with van der Waals surface area (Å²) in [5.41, 5.74) is 4.42. The van der Waals surface area contributed by atoms with Gasteiger partial charge in [0.1, 0.15) is 0 Å². The molecule has 1 aromatic heterocycles. The standard InChI is InChI=1S/C12H18N2S/c1-9-11-3-2-4-12(11)14(13-9)10-5-7-15-8-6-10/h10H,2-8H2,1H3. The molecule has 0 bridgehead atoms. The van der Waals surface area contributed by atoms with Gasteiger partial charge in [-0.15, -0.1) is 0 Å². The quantitative estimate of drug-likeness (QED) is 0.727. The lowest BCUT2D eigenvalue weighted by Gasteiger charge is -2.23. The second-order valence-corrected chi connectivity index (χ2v) is 5.88. The molecule has 3 heteroatoms. The SMILES string of the molecule is Cc1nn(C2CCSCC2)c2c1CCC2. The lowest BCUT2D eigenvalue weighted by Crippen LogP contribution is -2.18. The average molecular weight is 222 g/mol. The molecule has 0 atom stereocenters. The molecule has 0 unspecified atom stereocenters. The number of fused-ring (bicyclic) bond motifs is 1. The first-order chi connectivity index (χ1) is 7.36. The molecule has 82 valence electrons. The molecular formula is C12H18N2S. The Morgan fingerprint density at radius 2 is 2.07 bits per heavy atom. The first kappa shape index (κ1) is 9.76. The molecule has 0 radical (unpaired) electrons. The summed E-state index contributed by atoms with van der Waals surface area (Å²) in [7, 11) is 0. The van der Waals surface area contributed by atoms with Gasteiger partial charge in [-0.05, 0) is 56.1 Å². The van der Waals surface area contributed by atoms with Gasteiger partial charge in [-0.1, -0.05) is 0 Å². The molecule has 2 nitrogen and oxygen atoms in total. The van der Waals surface area contributed by atoms with E-state index >= 15 is 0 Å². The number of aryl methyl sites for hydroxylation is 1. The largest absolute Gasteiger partial charge is 0.266 e. The fourth-order valence-electron chi connectivity index (χ4n) is 2.88. The summed E-state index contributed by atoms with van der Waals surface area (Å²) in [6.07, 6.45) is 6.51. The van der Waals surface area contributed by atoms with Gasteiger partial charge in [0.05, 0.1) is 11.7 Å². The van der Waals surface area contributed by atoms with Crippen LogP contribution in [0, 0.1) is 6.92 Å². The molecule has 3 rings (SSSR count). The van der Waals surface area contributed by atoms with E-state index in [1.165, 1.54) is 49.3 Å². The van der Waals surface area contributed by atoms with E-state index in [0.717, 1.165) is 0 Å². The minimum Gasteiger partial charge on any atom is -0.266 e. The van der Waals surface area contributed by atoms with Crippen LogP contribution in [-0.2, 0) is 12.8 Å². The third-order valence-corrected chi connectivity index (χ3v) is 4.75. The van der Waals surface area contributed by atoms with E-state index < -0.39 is 0 Å². The lowest BCUT2D eigenvalue weighted by molar-refractivity contribution is 0.412. The van der Waals surface area contributed by atoms with Crippen molar-refractivity contribution in [3.63, 3.8) is 0 Å². The van der Waals surface area contributed by atoms with Gasteiger partial charge in [-0.2, -0.15) is 16.9 Å². The Morgan fingerprint density at radius 3 is 2.87 bits per heavy atom. The molecule has 2 heterocycles. The zero-order valence-electron chi connectivity index (χ0n) is 9.33. The fourth-order valence-corrected chi connectivity index (χ4v) is 3.97. The molecule has 15 heavy (non-hydrogen) atoms. The highest BCUT2D eigenvalue weighted by atomic mass is 32.2. The number of rotatable bonds is 1. The molecule has 0 N–H and O–H groups in total. The van der Waals surface area contributed by atoms with Crippen molar-refractivity contribution < 1.29 is 0 Å². The van der Waals surface area contributed by atoms with Crippen molar-refractivity contribution in [2.45, 2.75) is 45.1 Å². The third kappa shape index (κ3) is 1.61. The molecular weight excluding hydrogens is 204 g/mol. The number of nitrogens with zero attached hydrogens (tertiary/aromatic N) is 2. The van der Waals surface area contributed by atoms with Crippen LogP contribution in [0.25, 0.3) is 0 Å². The topological polar surface area (TPSA) is 17.8 Å². The predicted octanol–water partition coefficient (Wildman–Crippen LogP) is 2.75. The Labute approximate surface area is 95.4 Å². The predicted molar refractivity (Wildman–Crippen MR) is 64.6 cm³/mol. The summed E-state index contributed by atoms with van der Waals surface area (Å²) in [5.74, 6) is 2.64. The minimum atomic E-state index is 0.701. The van der Waals surface area contributed by atoms with E-state index in [4.69, 9.17) is 5.10 Å². The molecule has 0 saturated carbocycles. The molecule has 1 aliphatic carbocycles. The van der Waals surface area contributed by atoms with Crippen LogP contribution < -0.4 is 0 Å². The summed E-state index contributed by atoms with van der Waals surface area (Å²) in [5, 5.41) is 4.76. The van der Waals surface area contributed by atoms with Gasteiger partial charge < -0.3 is 0 Å². The molecule has 1 aromatic rings. The van der Waals surface area contributed by atoms with E-state index in [1.807, 2.05) is 0 Å². The zero-order valence-corrected chi connectivity index (χ0v) is 10.1. The Balaban J connectivity index is 1.93. The van der Waals surface area contributed by atoms with Crippen molar-refractivity contribution in [1.82, 2.24) is 9.78 Å². The highest BCUT2D eigenvalue weighted by Gasteiger charge is 2.25.